The largest absolute Gasteiger partial charge is 0.282 e. The van der Waals surface area contributed by atoms with Gasteiger partial charge in [-0.25, -0.2) is 4.98 Å². The lowest BCUT2D eigenvalue weighted by atomic mass is 10.1. The van der Waals surface area contributed by atoms with Gasteiger partial charge in [-0.1, -0.05) is 78.0 Å². The number of hydrogen-bond donors (Lipinski definition) is 0. The number of halogens is 1. The number of thioether (sulfide) groups is 1. The first-order chi connectivity index (χ1) is 15.7. The molecule has 32 heavy (non-hydrogen) atoms. The Morgan fingerprint density at radius 2 is 1.72 bits per heavy atom. The molecule has 7 heteroatoms. The van der Waals surface area contributed by atoms with Crippen LogP contribution >= 0.6 is 34.7 Å². The molecule has 2 heterocycles. The van der Waals surface area contributed by atoms with Crippen molar-refractivity contribution >= 4 is 55.0 Å². The van der Waals surface area contributed by atoms with E-state index in [9.17, 15) is 10.1 Å². The number of thiophene rings is 1. The highest BCUT2D eigenvalue weighted by Crippen LogP contribution is 2.33. The molecule has 156 valence electrons. The first-order valence-electron chi connectivity index (χ1n) is 9.92. The fourth-order valence-corrected chi connectivity index (χ4v) is 5.88. The molecule has 2 aromatic heterocycles. The van der Waals surface area contributed by atoms with Gasteiger partial charge in [-0.05, 0) is 29.3 Å². The summed E-state index contributed by atoms with van der Waals surface area (Å²) in [5, 5.41) is 11.6. The van der Waals surface area contributed by atoms with Crippen LogP contribution in [0.1, 0.15) is 16.7 Å². The second kappa shape index (κ2) is 8.79. The van der Waals surface area contributed by atoms with E-state index in [1.807, 2.05) is 66.7 Å². The van der Waals surface area contributed by atoms with E-state index in [0.717, 1.165) is 26.7 Å². The van der Waals surface area contributed by atoms with Crippen LogP contribution in [0.4, 0.5) is 0 Å². The number of benzene rings is 3. The van der Waals surface area contributed by atoms with Crippen LogP contribution in [0.2, 0.25) is 5.02 Å². The average molecular weight is 474 g/mol. The predicted octanol–water partition coefficient (Wildman–Crippen LogP) is 6.48. The lowest BCUT2D eigenvalue weighted by molar-refractivity contribution is 0.660. The maximum atomic E-state index is 13.6. The molecule has 0 saturated carbocycles. The summed E-state index contributed by atoms with van der Waals surface area (Å²) in [5.74, 6) is 0.534. The Morgan fingerprint density at radius 1 is 1.00 bits per heavy atom. The van der Waals surface area contributed by atoms with E-state index in [2.05, 4.69) is 6.07 Å². The molecule has 5 aromatic rings. The maximum absolute atomic E-state index is 13.6. The molecule has 0 aliphatic carbocycles. The van der Waals surface area contributed by atoms with Crippen LogP contribution in [-0.2, 0) is 12.3 Å². The first-order valence-corrected chi connectivity index (χ1v) is 12.1. The van der Waals surface area contributed by atoms with Crippen molar-refractivity contribution in [1.82, 2.24) is 9.55 Å². The van der Waals surface area contributed by atoms with Crippen LogP contribution in [0.5, 0.6) is 0 Å². The predicted molar refractivity (Wildman–Crippen MR) is 133 cm³/mol. The molecule has 0 saturated heterocycles. The SMILES string of the molecule is N#Cc1ccccc1CSc1nc2c(sc3ccccc32)c(=O)n1Cc1ccccc1Cl. The molecule has 0 N–H and O–H groups in total. The highest BCUT2D eigenvalue weighted by Gasteiger charge is 2.17. The third kappa shape index (κ3) is 3.80. The second-order valence-electron chi connectivity index (χ2n) is 7.21. The van der Waals surface area contributed by atoms with E-state index in [1.54, 1.807) is 10.6 Å². The van der Waals surface area contributed by atoms with Crippen LogP contribution in [0.15, 0.2) is 82.7 Å². The summed E-state index contributed by atoms with van der Waals surface area (Å²) in [4.78, 5) is 18.5. The minimum atomic E-state index is -0.0767. The molecular weight excluding hydrogens is 458 g/mol. The van der Waals surface area contributed by atoms with E-state index in [-0.39, 0.29) is 5.56 Å². The molecule has 0 atom stereocenters. The number of fused-ring (bicyclic) bond motifs is 3. The number of nitrogens with zero attached hydrogens (tertiary/aromatic N) is 3. The van der Waals surface area contributed by atoms with Crippen LogP contribution in [0, 0.1) is 11.3 Å². The average Bonchev–Trinajstić information content (AvgIpc) is 3.20. The Kier molecular flexibility index (Phi) is 5.71. The van der Waals surface area contributed by atoms with Gasteiger partial charge >= 0.3 is 0 Å². The zero-order valence-corrected chi connectivity index (χ0v) is 19.2. The Labute approximate surface area is 197 Å². The zero-order chi connectivity index (χ0) is 22.1. The van der Waals surface area contributed by atoms with Crippen molar-refractivity contribution in [3.8, 4) is 6.07 Å². The van der Waals surface area contributed by atoms with Gasteiger partial charge < -0.3 is 0 Å². The topological polar surface area (TPSA) is 58.7 Å². The Bertz CT molecular complexity index is 1570. The van der Waals surface area contributed by atoms with Crippen molar-refractivity contribution < 1.29 is 0 Å². The van der Waals surface area contributed by atoms with Gasteiger partial charge in [0.05, 0.1) is 23.7 Å². The molecule has 0 unspecified atom stereocenters. The van der Waals surface area contributed by atoms with Gasteiger partial charge in [-0.3, -0.25) is 9.36 Å². The quantitative estimate of drug-likeness (QED) is 0.216. The molecule has 0 bridgehead atoms. The van der Waals surface area contributed by atoms with Crippen molar-refractivity contribution in [2.75, 3.05) is 0 Å². The summed E-state index contributed by atoms with van der Waals surface area (Å²) in [6, 6.07) is 25.2. The normalized spacial score (nSPS) is 11.1. The molecule has 0 amide bonds. The van der Waals surface area contributed by atoms with E-state index < -0.39 is 0 Å². The van der Waals surface area contributed by atoms with Crippen LogP contribution in [0.25, 0.3) is 20.3 Å². The van der Waals surface area contributed by atoms with Crippen LogP contribution < -0.4 is 5.56 Å². The highest BCUT2D eigenvalue weighted by atomic mass is 35.5. The number of rotatable bonds is 5. The van der Waals surface area contributed by atoms with Gasteiger partial charge in [0.1, 0.15) is 4.70 Å². The summed E-state index contributed by atoms with van der Waals surface area (Å²) < 4.78 is 3.37. The summed E-state index contributed by atoms with van der Waals surface area (Å²) in [6.45, 7) is 0.331. The molecule has 0 radical (unpaired) electrons. The van der Waals surface area contributed by atoms with Gasteiger partial charge in [-0.2, -0.15) is 5.26 Å². The second-order valence-corrected chi connectivity index (χ2v) is 9.61. The van der Waals surface area contributed by atoms with Gasteiger partial charge in [0, 0.05) is 20.9 Å². The molecule has 4 nitrogen and oxygen atoms in total. The van der Waals surface area contributed by atoms with E-state index >= 15 is 0 Å². The molecule has 5 rings (SSSR count). The minimum Gasteiger partial charge on any atom is -0.282 e. The van der Waals surface area contributed by atoms with Crippen molar-refractivity contribution in [3.63, 3.8) is 0 Å². The van der Waals surface area contributed by atoms with Crippen molar-refractivity contribution in [2.45, 2.75) is 17.5 Å². The Balaban J connectivity index is 1.66. The van der Waals surface area contributed by atoms with Crippen molar-refractivity contribution in [1.29, 1.82) is 5.26 Å². The molecule has 0 spiro atoms. The summed E-state index contributed by atoms with van der Waals surface area (Å²) in [5.41, 5.74) is 3.04. The van der Waals surface area contributed by atoms with Crippen LogP contribution in [0.3, 0.4) is 0 Å². The van der Waals surface area contributed by atoms with Crippen molar-refractivity contribution in [3.05, 3.63) is 105 Å². The van der Waals surface area contributed by atoms with Gasteiger partial charge in [0.2, 0.25) is 0 Å². The molecular formula is C25H16ClN3OS2. The van der Waals surface area contributed by atoms with Crippen LogP contribution in [-0.4, -0.2) is 9.55 Å². The van der Waals surface area contributed by atoms with E-state index in [4.69, 9.17) is 16.6 Å². The molecule has 3 aromatic carbocycles. The lowest BCUT2D eigenvalue weighted by Crippen LogP contribution is -2.23. The standard InChI is InChI=1S/C25H16ClN3OS2/c26-20-11-5-3-8-17(20)14-29-24(30)23-22(19-10-4-6-12-21(19)32-23)28-25(29)31-15-18-9-2-1-7-16(18)13-27/h1-12H,14-15H2. The summed E-state index contributed by atoms with van der Waals surface area (Å²) in [7, 11) is 0. The van der Waals surface area contributed by atoms with Gasteiger partial charge in [-0.15, -0.1) is 11.3 Å². The van der Waals surface area contributed by atoms with E-state index in [0.29, 0.717) is 32.7 Å². The molecule has 0 aliphatic rings. The zero-order valence-electron chi connectivity index (χ0n) is 16.8. The lowest BCUT2D eigenvalue weighted by Gasteiger charge is -2.13. The number of aromatic nitrogens is 2. The molecule has 0 fully saturated rings. The van der Waals surface area contributed by atoms with E-state index in [1.165, 1.54) is 23.1 Å². The fraction of sp³-hybridized carbons (Fsp3) is 0.0800. The monoisotopic (exact) mass is 473 g/mol. The highest BCUT2D eigenvalue weighted by molar-refractivity contribution is 7.98. The third-order valence-electron chi connectivity index (χ3n) is 5.23. The first kappa shape index (κ1) is 20.8. The smallest absolute Gasteiger partial charge is 0.272 e. The number of nitriles is 1. The minimum absolute atomic E-state index is 0.0767. The fourth-order valence-electron chi connectivity index (χ4n) is 3.60. The summed E-state index contributed by atoms with van der Waals surface area (Å²) >= 11 is 9.32. The maximum Gasteiger partial charge on any atom is 0.272 e. The summed E-state index contributed by atoms with van der Waals surface area (Å²) in [6.07, 6.45) is 0. The molecule has 0 aliphatic heterocycles. The van der Waals surface area contributed by atoms with Gasteiger partial charge in [0.15, 0.2) is 5.16 Å². The Hall–Kier alpha value is -3.11. The third-order valence-corrected chi connectivity index (χ3v) is 7.77. The Morgan fingerprint density at radius 3 is 2.53 bits per heavy atom. The van der Waals surface area contributed by atoms with Gasteiger partial charge in [0.25, 0.3) is 5.56 Å². The number of hydrogen-bond acceptors (Lipinski definition) is 5. The van der Waals surface area contributed by atoms with Crippen molar-refractivity contribution in [2.24, 2.45) is 0 Å².